The largest absolute Gasteiger partial charge is 0.462 e. The molecule has 25 heavy (non-hydrogen) atoms. The molecule has 132 valence electrons. The molecule has 0 saturated heterocycles. The van der Waals surface area contributed by atoms with Gasteiger partial charge in [0, 0.05) is 30.2 Å². The summed E-state index contributed by atoms with van der Waals surface area (Å²) >= 11 is 0. The lowest BCUT2D eigenvalue weighted by atomic mass is 10.2. The maximum atomic E-state index is 12.6. The van der Waals surface area contributed by atoms with Crippen LogP contribution in [0.15, 0.2) is 36.5 Å². The van der Waals surface area contributed by atoms with E-state index in [0.717, 1.165) is 12.3 Å². The summed E-state index contributed by atoms with van der Waals surface area (Å²) in [4.78, 5) is 21.6. The van der Waals surface area contributed by atoms with Crippen molar-refractivity contribution in [3.8, 4) is 0 Å². The molecular weight excluding hydrogens is 343 g/mol. The van der Waals surface area contributed by atoms with E-state index < -0.39 is 22.8 Å². The van der Waals surface area contributed by atoms with Gasteiger partial charge in [0.05, 0.1) is 17.7 Å². The predicted molar refractivity (Wildman–Crippen MR) is 80.4 cm³/mol. The van der Waals surface area contributed by atoms with Crippen molar-refractivity contribution < 1.29 is 27.6 Å². The third kappa shape index (κ3) is 5.16. The first-order valence-electron chi connectivity index (χ1n) is 6.96. The second-order valence-electron chi connectivity index (χ2n) is 4.87. The number of nitro groups is 1. The van der Waals surface area contributed by atoms with Gasteiger partial charge in [-0.1, -0.05) is 12.1 Å². The normalized spacial score (nSPS) is 11.6. The number of aromatic nitrogens is 2. The van der Waals surface area contributed by atoms with E-state index in [1.807, 2.05) is 5.10 Å². The Morgan fingerprint density at radius 2 is 2.16 bits per heavy atom. The average Bonchev–Trinajstić information content (AvgIpc) is 3.02. The molecule has 1 aromatic carbocycles. The van der Waals surface area contributed by atoms with Crippen LogP contribution in [0.2, 0.25) is 0 Å². The van der Waals surface area contributed by atoms with E-state index in [4.69, 9.17) is 4.74 Å². The van der Waals surface area contributed by atoms with Gasteiger partial charge in [-0.05, 0) is 11.6 Å². The molecule has 0 spiro atoms. The van der Waals surface area contributed by atoms with E-state index in [2.05, 4.69) is 5.10 Å². The number of carbonyl (C=O) groups excluding carboxylic acids is 1. The van der Waals surface area contributed by atoms with Crippen LogP contribution in [0.1, 0.15) is 16.8 Å². The number of hydrogen-bond acceptors (Lipinski definition) is 5. The highest BCUT2D eigenvalue weighted by molar-refractivity contribution is 5.87. The zero-order chi connectivity index (χ0) is 18.4. The fourth-order valence-corrected chi connectivity index (χ4v) is 1.96. The van der Waals surface area contributed by atoms with Crippen LogP contribution in [-0.4, -0.2) is 27.7 Å². The SMILES string of the molecule is O=C(/C=C/c1cccc([N+](=O)[O-])c1)OCCc1cn[nH]c1C(F)(F)F. The van der Waals surface area contributed by atoms with Gasteiger partial charge in [0.25, 0.3) is 5.69 Å². The number of non-ortho nitro benzene ring substituents is 1. The van der Waals surface area contributed by atoms with E-state index in [0.29, 0.717) is 5.56 Å². The van der Waals surface area contributed by atoms with Crippen molar-refractivity contribution in [2.75, 3.05) is 6.61 Å². The molecule has 0 amide bonds. The van der Waals surface area contributed by atoms with Gasteiger partial charge in [-0.2, -0.15) is 18.3 Å². The molecule has 0 aliphatic rings. The highest BCUT2D eigenvalue weighted by Gasteiger charge is 2.35. The lowest BCUT2D eigenvalue weighted by molar-refractivity contribution is -0.384. The number of hydrogen-bond donors (Lipinski definition) is 1. The summed E-state index contributed by atoms with van der Waals surface area (Å²) in [5.74, 6) is -0.774. The molecule has 0 atom stereocenters. The van der Waals surface area contributed by atoms with Crippen molar-refractivity contribution in [2.45, 2.75) is 12.6 Å². The number of nitrogens with zero attached hydrogens (tertiary/aromatic N) is 2. The van der Waals surface area contributed by atoms with Crippen molar-refractivity contribution in [2.24, 2.45) is 0 Å². The Kier molecular flexibility index (Phi) is 5.52. The maximum absolute atomic E-state index is 12.6. The summed E-state index contributed by atoms with van der Waals surface area (Å²) in [6, 6.07) is 5.59. The molecule has 0 fully saturated rings. The van der Waals surface area contributed by atoms with Crippen LogP contribution in [0.5, 0.6) is 0 Å². The number of alkyl halides is 3. The van der Waals surface area contributed by atoms with E-state index >= 15 is 0 Å². The quantitative estimate of drug-likeness (QED) is 0.371. The topological polar surface area (TPSA) is 98.1 Å². The number of carbonyl (C=O) groups is 1. The molecule has 0 unspecified atom stereocenters. The summed E-state index contributed by atoms with van der Waals surface area (Å²) in [6.07, 6.45) is -1.33. The van der Waals surface area contributed by atoms with Crippen molar-refractivity contribution in [3.63, 3.8) is 0 Å². The van der Waals surface area contributed by atoms with Crippen LogP contribution in [0.25, 0.3) is 6.08 Å². The first kappa shape index (κ1) is 18.2. The van der Waals surface area contributed by atoms with E-state index in [9.17, 15) is 28.1 Å². The number of rotatable bonds is 6. The zero-order valence-electron chi connectivity index (χ0n) is 12.6. The maximum Gasteiger partial charge on any atom is 0.433 e. The number of ether oxygens (including phenoxy) is 1. The Morgan fingerprint density at radius 3 is 2.84 bits per heavy atom. The van der Waals surface area contributed by atoms with Crippen LogP contribution in [0, 0.1) is 10.1 Å². The summed E-state index contributed by atoms with van der Waals surface area (Å²) in [6.45, 7) is -0.263. The van der Waals surface area contributed by atoms with Gasteiger partial charge in [-0.25, -0.2) is 4.79 Å². The van der Waals surface area contributed by atoms with E-state index in [-0.39, 0.29) is 24.3 Å². The van der Waals surface area contributed by atoms with E-state index in [1.165, 1.54) is 24.3 Å². The second kappa shape index (κ2) is 7.60. The second-order valence-corrected chi connectivity index (χ2v) is 4.87. The predicted octanol–water partition coefficient (Wildman–Crippen LogP) is 3.14. The van der Waals surface area contributed by atoms with Crippen molar-refractivity contribution in [1.82, 2.24) is 10.2 Å². The van der Waals surface area contributed by atoms with Gasteiger partial charge in [0.2, 0.25) is 0 Å². The molecule has 1 N–H and O–H groups in total. The molecule has 2 rings (SSSR count). The van der Waals surface area contributed by atoms with Crippen molar-refractivity contribution in [3.05, 3.63) is 63.5 Å². The minimum absolute atomic E-state index is 0.108. The molecule has 10 heteroatoms. The summed E-state index contributed by atoms with van der Waals surface area (Å²) in [7, 11) is 0. The smallest absolute Gasteiger partial charge is 0.433 e. The molecule has 0 aliphatic carbocycles. The number of nitrogens with one attached hydrogen (secondary N) is 1. The summed E-state index contributed by atoms with van der Waals surface area (Å²) in [5, 5.41) is 15.8. The monoisotopic (exact) mass is 355 g/mol. The molecule has 2 aromatic rings. The minimum atomic E-state index is -4.56. The number of H-pyrrole nitrogens is 1. The Labute approximate surface area is 139 Å². The molecule has 0 aliphatic heterocycles. The van der Waals surface area contributed by atoms with Gasteiger partial charge in [-0.3, -0.25) is 15.2 Å². The Balaban J connectivity index is 1.88. The lowest BCUT2D eigenvalue weighted by Crippen LogP contribution is -2.11. The average molecular weight is 355 g/mol. The van der Waals surface area contributed by atoms with E-state index in [1.54, 1.807) is 6.07 Å². The fraction of sp³-hybridized carbons (Fsp3) is 0.200. The minimum Gasteiger partial charge on any atom is -0.462 e. The first-order valence-corrected chi connectivity index (χ1v) is 6.96. The van der Waals surface area contributed by atoms with Crippen LogP contribution in [0.3, 0.4) is 0 Å². The molecule has 0 radical (unpaired) electrons. The molecule has 0 saturated carbocycles. The van der Waals surface area contributed by atoms with Gasteiger partial charge in [0.15, 0.2) is 0 Å². The standard InChI is InChI=1S/C15H12F3N3O4/c16-15(17,18)14-11(9-19-20-14)6-7-25-13(22)5-4-10-2-1-3-12(8-10)21(23)24/h1-5,8-9H,6-7H2,(H,19,20)/b5-4+. The lowest BCUT2D eigenvalue weighted by Gasteiger charge is -2.06. The van der Waals surface area contributed by atoms with Gasteiger partial charge in [-0.15, -0.1) is 0 Å². The molecule has 0 bridgehead atoms. The summed E-state index contributed by atoms with van der Waals surface area (Å²) < 4.78 is 42.7. The third-order valence-corrected chi connectivity index (χ3v) is 3.11. The zero-order valence-corrected chi connectivity index (χ0v) is 12.6. The van der Waals surface area contributed by atoms with Gasteiger partial charge < -0.3 is 4.74 Å². The molecule has 7 nitrogen and oxygen atoms in total. The number of halogens is 3. The molecule has 1 aromatic heterocycles. The van der Waals surface area contributed by atoms with Gasteiger partial charge >= 0.3 is 12.1 Å². The van der Waals surface area contributed by atoms with Crippen LogP contribution in [0.4, 0.5) is 18.9 Å². The number of nitro benzene ring substituents is 1. The van der Waals surface area contributed by atoms with Crippen molar-refractivity contribution >= 4 is 17.7 Å². The van der Waals surface area contributed by atoms with Crippen molar-refractivity contribution in [1.29, 1.82) is 0 Å². The van der Waals surface area contributed by atoms with Crippen LogP contribution in [-0.2, 0) is 22.1 Å². The van der Waals surface area contributed by atoms with Gasteiger partial charge in [0.1, 0.15) is 5.69 Å². The van der Waals surface area contributed by atoms with Crippen LogP contribution >= 0.6 is 0 Å². The highest BCUT2D eigenvalue weighted by Crippen LogP contribution is 2.30. The Bertz CT molecular complexity index is 799. The van der Waals surface area contributed by atoms with Crippen LogP contribution < -0.4 is 0 Å². The number of aromatic amines is 1. The fourth-order valence-electron chi connectivity index (χ4n) is 1.96. The number of esters is 1. The molecule has 1 heterocycles. The molecular formula is C15H12F3N3O4. The Morgan fingerprint density at radius 1 is 1.40 bits per heavy atom. The first-order chi connectivity index (χ1) is 11.8. The summed E-state index contributed by atoms with van der Waals surface area (Å²) in [5.41, 5.74) is -0.797. The third-order valence-electron chi connectivity index (χ3n) is 3.11. The Hall–Kier alpha value is -3.17. The number of benzene rings is 1. The highest BCUT2D eigenvalue weighted by atomic mass is 19.4.